The van der Waals surface area contributed by atoms with Crippen LogP contribution in [-0.2, 0) is 10.2 Å². The van der Waals surface area contributed by atoms with Crippen molar-refractivity contribution in [3.63, 3.8) is 0 Å². The van der Waals surface area contributed by atoms with Crippen molar-refractivity contribution < 1.29 is 28.9 Å². The molecular formula is C41H45FN8O5. The fourth-order valence-electron chi connectivity index (χ4n) is 7.79. The van der Waals surface area contributed by atoms with Crippen LogP contribution in [0.4, 0.5) is 21.1 Å². The molecule has 2 fully saturated rings. The van der Waals surface area contributed by atoms with Crippen LogP contribution >= 0.6 is 0 Å². The van der Waals surface area contributed by atoms with E-state index in [0.717, 1.165) is 58.9 Å². The Morgan fingerprint density at radius 3 is 2.29 bits per heavy atom. The van der Waals surface area contributed by atoms with Crippen LogP contribution in [0.1, 0.15) is 52.0 Å². The van der Waals surface area contributed by atoms with Crippen molar-refractivity contribution >= 4 is 39.8 Å². The zero-order valence-corrected chi connectivity index (χ0v) is 31.2. The van der Waals surface area contributed by atoms with Gasteiger partial charge in [-0.2, -0.15) is 0 Å². The molecule has 0 bridgehead atoms. The molecule has 2 aliphatic rings. The number of anilines is 2. The van der Waals surface area contributed by atoms with E-state index < -0.39 is 30.4 Å². The number of aromatic amines is 1. The number of rotatable bonds is 8. The maximum Gasteiger partial charge on any atom is 0.419 e. The van der Waals surface area contributed by atoms with Gasteiger partial charge in [-0.15, -0.1) is 0 Å². The molecule has 4 aromatic heterocycles. The summed E-state index contributed by atoms with van der Waals surface area (Å²) in [5.41, 5.74) is 4.85. The molecule has 0 amide bonds. The normalized spacial score (nSPS) is 17.9. The molecule has 0 unspecified atom stereocenters. The number of aromatic hydroxyl groups is 1. The number of aliphatic hydroxyl groups excluding tert-OH is 1. The number of aromatic nitrogens is 6. The molecule has 286 valence electrons. The molecule has 2 aliphatic heterocycles. The van der Waals surface area contributed by atoms with E-state index in [-0.39, 0.29) is 12.4 Å². The van der Waals surface area contributed by atoms with E-state index in [9.17, 15) is 19.4 Å². The van der Waals surface area contributed by atoms with E-state index in [1.807, 2.05) is 28.0 Å². The number of benzene rings is 2. The van der Waals surface area contributed by atoms with Crippen LogP contribution in [0.15, 0.2) is 67.3 Å². The van der Waals surface area contributed by atoms with Crippen LogP contribution in [0.2, 0.25) is 0 Å². The first-order chi connectivity index (χ1) is 26.6. The third kappa shape index (κ3) is 7.38. The minimum atomic E-state index is -0.548. The lowest BCUT2D eigenvalue weighted by atomic mass is 9.83. The first kappa shape index (κ1) is 36.2. The Labute approximate surface area is 317 Å². The second-order valence-corrected chi connectivity index (χ2v) is 15.4. The van der Waals surface area contributed by atoms with Gasteiger partial charge in [-0.05, 0) is 79.1 Å². The van der Waals surface area contributed by atoms with E-state index in [2.05, 4.69) is 45.7 Å². The highest BCUT2D eigenvalue weighted by Gasteiger charge is 2.33. The number of halogens is 1. The molecule has 6 aromatic rings. The summed E-state index contributed by atoms with van der Waals surface area (Å²) in [5.74, 6) is 1.77. The molecule has 2 saturated heterocycles. The molecule has 3 N–H and O–H groups in total. The minimum absolute atomic E-state index is 0.0128. The van der Waals surface area contributed by atoms with Gasteiger partial charge in [0.15, 0.2) is 0 Å². The number of β-amino-alcohol motifs (C(OH)–C–C–N with tert-alkyl or cyclic N) is 1. The summed E-state index contributed by atoms with van der Waals surface area (Å²) in [5, 5.41) is 22.5. The van der Waals surface area contributed by atoms with Crippen molar-refractivity contribution in [2.45, 2.75) is 64.1 Å². The number of hydrogen-bond donors (Lipinski definition) is 3. The van der Waals surface area contributed by atoms with Gasteiger partial charge in [-0.25, -0.2) is 33.7 Å². The molecule has 2 aromatic carbocycles. The fourth-order valence-corrected chi connectivity index (χ4v) is 7.79. The van der Waals surface area contributed by atoms with E-state index in [0.29, 0.717) is 60.5 Å². The van der Waals surface area contributed by atoms with Crippen molar-refractivity contribution in [1.82, 2.24) is 29.5 Å². The van der Waals surface area contributed by atoms with Crippen LogP contribution in [0.3, 0.4) is 0 Å². The highest BCUT2D eigenvalue weighted by molar-refractivity contribution is 6.00. The van der Waals surface area contributed by atoms with Crippen molar-refractivity contribution in [2.75, 3.05) is 49.3 Å². The zero-order valence-electron chi connectivity index (χ0n) is 31.2. The van der Waals surface area contributed by atoms with Gasteiger partial charge in [-0.3, -0.25) is 0 Å². The minimum Gasteiger partial charge on any atom is -0.508 e. The molecule has 6 heterocycles. The number of nitrogens with zero attached hydrogens (tertiary/aromatic N) is 7. The molecule has 0 radical (unpaired) electrons. The third-order valence-electron chi connectivity index (χ3n) is 10.3. The molecule has 8 rings (SSSR count). The number of H-pyrrole nitrogens is 1. The highest BCUT2D eigenvalue weighted by atomic mass is 19.1. The van der Waals surface area contributed by atoms with E-state index >= 15 is 0 Å². The molecule has 55 heavy (non-hydrogen) atoms. The topological polar surface area (TPSA) is 155 Å². The van der Waals surface area contributed by atoms with Gasteiger partial charge >= 0.3 is 6.09 Å². The number of fused-ring (bicyclic) bond motifs is 2. The lowest BCUT2D eigenvalue weighted by Gasteiger charge is -2.32. The maximum atomic E-state index is 14.4. The number of hydrogen-bond acceptors (Lipinski definition) is 11. The first-order valence-corrected chi connectivity index (χ1v) is 18.8. The Kier molecular flexibility index (Phi) is 9.76. The lowest BCUT2D eigenvalue weighted by molar-refractivity contribution is 0.0903. The van der Waals surface area contributed by atoms with Gasteiger partial charge in [0.05, 0.1) is 23.9 Å². The molecular weight excluding hydrogens is 704 g/mol. The Morgan fingerprint density at radius 1 is 0.909 bits per heavy atom. The zero-order chi connectivity index (χ0) is 38.3. The molecule has 2 atom stereocenters. The number of carbonyl (C=O) groups is 1. The van der Waals surface area contributed by atoms with Gasteiger partial charge in [0.25, 0.3) is 0 Å². The predicted molar refractivity (Wildman–Crippen MR) is 209 cm³/mol. The largest absolute Gasteiger partial charge is 0.508 e. The number of alkyl halides is 1. The number of carbonyl (C=O) groups excluding carboxylic acids is 1. The van der Waals surface area contributed by atoms with Gasteiger partial charge in [0.1, 0.15) is 30.9 Å². The summed E-state index contributed by atoms with van der Waals surface area (Å²) in [6, 6.07) is 12.6. The second kappa shape index (κ2) is 14.8. The maximum absolute atomic E-state index is 14.4. The number of phenols is 1. The highest BCUT2D eigenvalue weighted by Crippen LogP contribution is 2.42. The summed E-state index contributed by atoms with van der Waals surface area (Å²) < 4.78 is 25.9. The van der Waals surface area contributed by atoms with Gasteiger partial charge in [-0.1, -0.05) is 20.8 Å². The Bertz CT molecular complexity index is 2320. The van der Waals surface area contributed by atoms with Crippen LogP contribution < -0.4 is 14.5 Å². The predicted octanol–water partition coefficient (Wildman–Crippen LogP) is 7.00. The van der Waals surface area contributed by atoms with Crippen molar-refractivity contribution in [3.05, 3.63) is 72.8 Å². The van der Waals surface area contributed by atoms with Crippen molar-refractivity contribution in [1.29, 1.82) is 0 Å². The van der Waals surface area contributed by atoms with E-state index in [1.165, 1.54) is 0 Å². The summed E-state index contributed by atoms with van der Waals surface area (Å²) >= 11 is 0. The average Bonchev–Trinajstić information content (AvgIpc) is 3.77. The van der Waals surface area contributed by atoms with Gasteiger partial charge in [0.2, 0.25) is 11.9 Å². The Morgan fingerprint density at radius 2 is 1.60 bits per heavy atom. The summed E-state index contributed by atoms with van der Waals surface area (Å²) in [6.45, 7) is 8.03. The van der Waals surface area contributed by atoms with Crippen molar-refractivity contribution in [3.8, 4) is 34.0 Å². The first-order valence-electron chi connectivity index (χ1n) is 18.8. The van der Waals surface area contributed by atoms with Crippen LogP contribution in [0.25, 0.3) is 44.3 Å². The van der Waals surface area contributed by atoms with Crippen LogP contribution in [-0.4, -0.2) is 97.5 Å². The molecule has 0 saturated carbocycles. The smallest absolute Gasteiger partial charge is 0.419 e. The van der Waals surface area contributed by atoms with E-state index in [4.69, 9.17) is 9.47 Å². The molecule has 0 spiro atoms. The van der Waals surface area contributed by atoms with Crippen LogP contribution in [0, 0.1) is 0 Å². The van der Waals surface area contributed by atoms with Gasteiger partial charge < -0.3 is 34.5 Å². The second-order valence-electron chi connectivity index (χ2n) is 15.4. The number of nitrogens with one attached hydrogen (secondary N) is 1. The fraction of sp³-hybridized carbons (Fsp3) is 0.390. The summed E-state index contributed by atoms with van der Waals surface area (Å²) in [6.07, 6.45) is 8.64. The summed E-state index contributed by atoms with van der Waals surface area (Å²) in [7, 11) is 0. The molecule has 0 aliphatic carbocycles. The standard InChI is InChI=1S/C41H45FN8O5/c1-41(2,3)36-32-18-28(51)8-11-35(32)50(37(36)27-21-45-38(46-22-27)48-13-4-6-29(52)23-48)40(53)55-31-7-5-14-49(24-31)39-43-19-26(20-44-39)34-17-25-16-30(54-15-12-42)9-10-33(25)47-34/h8-11,16-22,29,31,47,51-52H,4-7,12-15,23-24H2,1-3H3/t29-,31-/m1/s1. The molecule has 13 nitrogen and oxygen atoms in total. The van der Waals surface area contributed by atoms with Crippen molar-refractivity contribution in [2.24, 2.45) is 0 Å². The Hall–Kier alpha value is -5.76. The lowest BCUT2D eigenvalue weighted by Crippen LogP contribution is -2.42. The number of aliphatic hydroxyl groups is 1. The number of ether oxygens (including phenoxy) is 2. The molecule has 14 heteroatoms. The number of piperidine rings is 2. The van der Waals surface area contributed by atoms with Crippen LogP contribution in [0.5, 0.6) is 11.5 Å². The quantitative estimate of drug-likeness (QED) is 0.147. The SMILES string of the molecule is CC(C)(C)c1c(-c2cnc(N3CCC[C@@H](O)C3)nc2)n(C(=O)O[C@@H]2CCCN(c3ncc(-c4cc5cc(OCCF)ccc5[nH]4)cn3)C2)c2ccc(O)cc12. The monoisotopic (exact) mass is 748 g/mol. The Balaban J connectivity index is 1.04. The number of phenolic OH excluding ortho intramolecular Hbond substituents is 1. The van der Waals surface area contributed by atoms with E-state index in [1.54, 1.807) is 53.6 Å². The summed E-state index contributed by atoms with van der Waals surface area (Å²) in [4.78, 5) is 40.5. The average molecular weight is 749 g/mol. The third-order valence-corrected chi connectivity index (χ3v) is 10.3. The van der Waals surface area contributed by atoms with Gasteiger partial charge in [0, 0.05) is 77.5 Å².